The summed E-state index contributed by atoms with van der Waals surface area (Å²) in [6.07, 6.45) is 10.7. The maximum atomic E-state index is 5.99. The van der Waals surface area contributed by atoms with Crippen molar-refractivity contribution in [2.45, 2.75) is 63.4 Å². The van der Waals surface area contributed by atoms with E-state index >= 15 is 0 Å². The lowest BCUT2D eigenvalue weighted by Crippen LogP contribution is -2.17. The van der Waals surface area contributed by atoms with Crippen LogP contribution in [0.3, 0.4) is 0 Å². The predicted octanol–water partition coefficient (Wildman–Crippen LogP) is 4.56. The van der Waals surface area contributed by atoms with Crippen LogP contribution in [0, 0.1) is 0 Å². The zero-order valence-electron chi connectivity index (χ0n) is 10.8. The predicted molar refractivity (Wildman–Crippen MR) is 70.6 cm³/mol. The van der Waals surface area contributed by atoms with Crippen LogP contribution in [-0.4, -0.2) is 21.1 Å². The van der Waals surface area contributed by atoms with Crippen LogP contribution in [0.4, 0.5) is 0 Å². The molecule has 0 aliphatic rings. The number of hydrogen-bond acceptors (Lipinski definition) is 1. The molecule has 0 aromatic carbocycles. The zero-order chi connectivity index (χ0) is 11.4. The molecule has 0 aliphatic carbocycles. The lowest BCUT2D eigenvalue weighted by Gasteiger charge is -2.10. The van der Waals surface area contributed by atoms with E-state index in [0.717, 1.165) is 13.0 Å². The Morgan fingerprint density at radius 3 is 2.00 bits per heavy atom. The maximum Gasteiger partial charge on any atom is 0.460 e. The van der Waals surface area contributed by atoms with Gasteiger partial charge in [-0.2, -0.15) is 0 Å². The highest BCUT2D eigenvalue weighted by atomic mass is 27.2. The van der Waals surface area contributed by atoms with E-state index in [1.165, 1.54) is 36.2 Å². The van der Waals surface area contributed by atoms with Gasteiger partial charge in [-0.3, -0.25) is 0 Å². The molecule has 0 atom stereocenters. The molecule has 0 heterocycles. The minimum atomic E-state index is -0.826. The average Bonchev–Trinajstić information content (AvgIpc) is 2.24. The molecule has 0 aromatic heterocycles. The summed E-state index contributed by atoms with van der Waals surface area (Å²) in [5.74, 6) is 0. The Labute approximate surface area is 101 Å². The van der Waals surface area contributed by atoms with Crippen molar-refractivity contribution < 1.29 is 3.79 Å². The highest BCUT2D eigenvalue weighted by Gasteiger charge is 2.16. The molecule has 0 bridgehead atoms. The Bertz CT molecular complexity index is 139. The highest BCUT2D eigenvalue weighted by Crippen LogP contribution is 2.07. The third-order valence-corrected chi connectivity index (χ3v) is 5.63. The summed E-state index contributed by atoms with van der Waals surface area (Å²) in [7, 11) is 0. The first-order valence-corrected chi connectivity index (χ1v) is 8.72. The third-order valence-electron chi connectivity index (χ3n) is 2.48. The molecule has 15 heavy (non-hydrogen) atoms. The van der Waals surface area contributed by atoms with Crippen LogP contribution in [0.25, 0.3) is 0 Å². The first-order chi connectivity index (χ1) is 7.35. The fraction of sp³-hybridized carbons (Fsp3) is 0.846. The van der Waals surface area contributed by atoms with Gasteiger partial charge >= 0.3 is 14.5 Å². The Balaban J connectivity index is 3.43. The van der Waals surface area contributed by atoms with Gasteiger partial charge in [0.2, 0.25) is 0 Å². The minimum Gasteiger partial charge on any atom is -0.500 e. The lowest BCUT2D eigenvalue weighted by molar-refractivity contribution is 0.324. The van der Waals surface area contributed by atoms with Crippen LogP contribution in [0.5, 0.6) is 0 Å². The van der Waals surface area contributed by atoms with Crippen molar-refractivity contribution in [3.63, 3.8) is 0 Å². The Kier molecular flexibility index (Phi) is 12.5. The molecular weight excluding hydrogens is 199 g/mol. The second-order valence-electron chi connectivity index (χ2n) is 4.12. The van der Waals surface area contributed by atoms with E-state index in [0.29, 0.717) is 0 Å². The molecule has 0 spiro atoms. The number of rotatable bonds is 10. The quantitative estimate of drug-likeness (QED) is 0.301. The van der Waals surface area contributed by atoms with Gasteiger partial charge in [-0.1, -0.05) is 62.8 Å². The molecule has 0 amide bonds. The monoisotopic (exact) mass is 226 g/mol. The van der Waals surface area contributed by atoms with Crippen molar-refractivity contribution in [3.8, 4) is 0 Å². The normalized spacial score (nSPS) is 11.1. The molecule has 1 nitrogen and oxygen atoms in total. The van der Waals surface area contributed by atoms with Gasteiger partial charge in [0, 0.05) is 6.61 Å². The molecule has 0 fully saturated rings. The smallest absolute Gasteiger partial charge is 0.460 e. The van der Waals surface area contributed by atoms with Gasteiger partial charge in [-0.05, 0) is 12.8 Å². The maximum absolute atomic E-state index is 5.99. The van der Waals surface area contributed by atoms with E-state index in [1.807, 2.05) is 0 Å². The van der Waals surface area contributed by atoms with Crippen LogP contribution in [-0.2, 0) is 3.79 Å². The summed E-state index contributed by atoms with van der Waals surface area (Å²) in [6.45, 7) is 7.70. The molecule has 0 aromatic rings. The molecule has 0 aliphatic heterocycles. The molecule has 0 N–H and O–H groups in total. The van der Waals surface area contributed by atoms with E-state index in [9.17, 15) is 0 Å². The summed E-state index contributed by atoms with van der Waals surface area (Å²) in [5, 5.41) is 2.71. The van der Waals surface area contributed by atoms with Crippen molar-refractivity contribution in [2.24, 2.45) is 0 Å². The zero-order valence-corrected chi connectivity index (χ0v) is 12.0. The third kappa shape index (κ3) is 10.5. The first kappa shape index (κ1) is 15.2. The molecule has 0 rings (SSSR count). The van der Waals surface area contributed by atoms with Crippen LogP contribution >= 0.6 is 0 Å². The van der Waals surface area contributed by atoms with Crippen LogP contribution < -0.4 is 0 Å². The van der Waals surface area contributed by atoms with E-state index in [4.69, 9.17) is 3.79 Å². The van der Waals surface area contributed by atoms with E-state index in [1.54, 1.807) is 0 Å². The van der Waals surface area contributed by atoms with Gasteiger partial charge in [-0.25, -0.2) is 0 Å². The van der Waals surface area contributed by atoms with E-state index in [2.05, 4.69) is 32.9 Å². The summed E-state index contributed by atoms with van der Waals surface area (Å²) >= 11 is -0.826. The first-order valence-electron chi connectivity index (χ1n) is 6.61. The van der Waals surface area contributed by atoms with Crippen molar-refractivity contribution in [1.29, 1.82) is 0 Å². The Hall–Kier alpha value is 0.232. The number of unbranched alkanes of at least 4 members (excludes halogenated alkanes) is 1. The highest BCUT2D eigenvalue weighted by molar-refractivity contribution is 6.51. The van der Waals surface area contributed by atoms with Crippen LogP contribution in [0.15, 0.2) is 12.2 Å². The fourth-order valence-electron chi connectivity index (χ4n) is 1.66. The second-order valence-corrected chi connectivity index (χ2v) is 6.85. The van der Waals surface area contributed by atoms with Gasteiger partial charge < -0.3 is 3.79 Å². The second kappa shape index (κ2) is 12.3. The summed E-state index contributed by atoms with van der Waals surface area (Å²) < 4.78 is 5.99. The molecule has 88 valence electrons. The largest absolute Gasteiger partial charge is 0.500 e. The summed E-state index contributed by atoms with van der Waals surface area (Å²) in [4.78, 5) is 0. The molecule has 0 saturated carbocycles. The van der Waals surface area contributed by atoms with Crippen molar-refractivity contribution >= 4 is 14.5 Å². The van der Waals surface area contributed by atoms with Crippen LogP contribution in [0.2, 0.25) is 10.6 Å². The SMILES string of the molecule is CCC/C=C/CC[O][Al]([CH2]CC)[CH2]CC. The van der Waals surface area contributed by atoms with Gasteiger partial charge in [-0.15, -0.1) is 0 Å². The van der Waals surface area contributed by atoms with Crippen molar-refractivity contribution in [1.82, 2.24) is 0 Å². The molecule has 0 unspecified atom stereocenters. The standard InChI is InChI=1S/C7H13O.2C3H7.Al/c1-2-3-4-5-6-7-8;2*1-3-2;/h4-5H,2-3,6-7H2,1H3;2*1,3H2,2H3;/q-1;;;+1/b5-4+;;;. The fourth-order valence-corrected chi connectivity index (χ4v) is 4.04. The molecular formula is C13H27AlO. The molecule has 2 heteroatoms. The number of allylic oxidation sites excluding steroid dienone is 1. The van der Waals surface area contributed by atoms with Crippen molar-refractivity contribution in [3.05, 3.63) is 12.2 Å². The lowest BCUT2D eigenvalue weighted by atomic mass is 10.3. The Morgan fingerprint density at radius 2 is 1.47 bits per heavy atom. The van der Waals surface area contributed by atoms with E-state index < -0.39 is 14.5 Å². The van der Waals surface area contributed by atoms with Crippen molar-refractivity contribution in [2.75, 3.05) is 6.61 Å². The minimum absolute atomic E-state index is 0.826. The van der Waals surface area contributed by atoms with Gasteiger partial charge in [0.05, 0.1) is 0 Å². The summed E-state index contributed by atoms with van der Waals surface area (Å²) in [5.41, 5.74) is 0. The Morgan fingerprint density at radius 1 is 0.867 bits per heavy atom. The molecule has 0 radical (unpaired) electrons. The van der Waals surface area contributed by atoms with Gasteiger partial charge in [0.25, 0.3) is 0 Å². The van der Waals surface area contributed by atoms with Gasteiger partial charge in [0.1, 0.15) is 0 Å². The van der Waals surface area contributed by atoms with Crippen LogP contribution in [0.1, 0.15) is 52.9 Å². The van der Waals surface area contributed by atoms with E-state index in [-0.39, 0.29) is 0 Å². The average molecular weight is 226 g/mol. The topological polar surface area (TPSA) is 9.23 Å². The van der Waals surface area contributed by atoms with Gasteiger partial charge in [0.15, 0.2) is 0 Å². The molecule has 0 saturated heterocycles. The summed E-state index contributed by atoms with van der Waals surface area (Å²) in [6, 6.07) is 0. The number of hydrogen-bond donors (Lipinski definition) is 0.